The van der Waals surface area contributed by atoms with Crippen LogP contribution in [0.15, 0.2) is 42.5 Å². The second-order valence-electron chi connectivity index (χ2n) is 5.59. The number of ether oxygens (including phenoxy) is 2. The van der Waals surface area contributed by atoms with E-state index >= 15 is 0 Å². The minimum absolute atomic E-state index is 0.137. The lowest BCUT2D eigenvalue weighted by molar-refractivity contribution is -0.127. The predicted molar refractivity (Wildman–Crippen MR) is 90.8 cm³/mol. The molecule has 2 rings (SSSR count). The van der Waals surface area contributed by atoms with Crippen molar-refractivity contribution in [2.75, 3.05) is 7.11 Å². The highest BCUT2D eigenvalue weighted by atomic mass is 16.5. The van der Waals surface area contributed by atoms with Gasteiger partial charge in [-0.3, -0.25) is 4.79 Å². The number of aryl methyl sites for hydroxylation is 2. The molecule has 0 aliphatic heterocycles. The van der Waals surface area contributed by atoms with Crippen LogP contribution in [0.1, 0.15) is 23.6 Å². The maximum atomic E-state index is 12.2. The first-order valence-electron chi connectivity index (χ1n) is 7.64. The van der Waals surface area contributed by atoms with Gasteiger partial charge in [0.05, 0.1) is 7.11 Å². The van der Waals surface area contributed by atoms with Gasteiger partial charge in [-0.05, 0) is 55.7 Å². The van der Waals surface area contributed by atoms with Crippen molar-refractivity contribution in [1.82, 2.24) is 5.32 Å². The van der Waals surface area contributed by atoms with Crippen LogP contribution in [-0.2, 0) is 11.3 Å². The van der Waals surface area contributed by atoms with E-state index < -0.39 is 6.10 Å². The van der Waals surface area contributed by atoms with Crippen molar-refractivity contribution >= 4 is 5.91 Å². The van der Waals surface area contributed by atoms with E-state index in [4.69, 9.17) is 9.47 Å². The maximum Gasteiger partial charge on any atom is 0.261 e. The molecule has 0 fully saturated rings. The fraction of sp³-hybridized carbons (Fsp3) is 0.316. The van der Waals surface area contributed by atoms with Crippen molar-refractivity contribution in [3.63, 3.8) is 0 Å². The highest BCUT2D eigenvalue weighted by molar-refractivity contribution is 5.80. The van der Waals surface area contributed by atoms with Crippen molar-refractivity contribution in [2.24, 2.45) is 0 Å². The average Bonchev–Trinajstić information content (AvgIpc) is 2.56. The minimum atomic E-state index is -0.547. The molecule has 0 aliphatic carbocycles. The molecule has 2 aromatic rings. The molecule has 0 bridgehead atoms. The largest absolute Gasteiger partial charge is 0.497 e. The highest BCUT2D eigenvalue weighted by Crippen LogP contribution is 2.20. The monoisotopic (exact) mass is 313 g/mol. The first kappa shape index (κ1) is 16.9. The lowest BCUT2D eigenvalue weighted by Gasteiger charge is -2.17. The highest BCUT2D eigenvalue weighted by Gasteiger charge is 2.15. The number of hydrogen-bond acceptors (Lipinski definition) is 3. The number of amides is 1. The van der Waals surface area contributed by atoms with Crippen LogP contribution in [0, 0.1) is 13.8 Å². The third kappa shape index (κ3) is 4.74. The van der Waals surface area contributed by atoms with Crippen molar-refractivity contribution in [1.29, 1.82) is 0 Å². The van der Waals surface area contributed by atoms with Gasteiger partial charge in [0.15, 0.2) is 6.10 Å². The average molecular weight is 313 g/mol. The molecule has 0 aliphatic rings. The summed E-state index contributed by atoms with van der Waals surface area (Å²) in [5, 5.41) is 2.89. The lowest BCUT2D eigenvalue weighted by atomic mass is 10.1. The van der Waals surface area contributed by atoms with Gasteiger partial charge in [-0.15, -0.1) is 0 Å². The summed E-state index contributed by atoms with van der Waals surface area (Å²) in [5.74, 6) is 1.41. The molecular formula is C19H23NO3. The van der Waals surface area contributed by atoms with E-state index in [1.165, 1.54) is 0 Å². The van der Waals surface area contributed by atoms with Crippen LogP contribution >= 0.6 is 0 Å². The molecule has 23 heavy (non-hydrogen) atoms. The summed E-state index contributed by atoms with van der Waals surface area (Å²) in [4.78, 5) is 12.2. The summed E-state index contributed by atoms with van der Waals surface area (Å²) in [7, 11) is 1.63. The van der Waals surface area contributed by atoms with Gasteiger partial charge >= 0.3 is 0 Å². The summed E-state index contributed by atoms with van der Waals surface area (Å²) in [6, 6.07) is 13.6. The summed E-state index contributed by atoms with van der Waals surface area (Å²) < 4.78 is 10.9. The van der Waals surface area contributed by atoms with E-state index in [1.807, 2.05) is 56.3 Å². The molecule has 0 radical (unpaired) electrons. The Kier molecular flexibility index (Phi) is 5.63. The zero-order valence-electron chi connectivity index (χ0n) is 14.1. The smallest absolute Gasteiger partial charge is 0.261 e. The van der Waals surface area contributed by atoms with Crippen molar-refractivity contribution < 1.29 is 14.3 Å². The van der Waals surface area contributed by atoms with Crippen LogP contribution in [0.5, 0.6) is 11.5 Å². The Morgan fingerprint density at radius 3 is 2.48 bits per heavy atom. The SMILES string of the molecule is COc1ccc(CNC(=O)C(C)Oc2cc(C)ccc2C)cc1. The second-order valence-corrected chi connectivity index (χ2v) is 5.59. The van der Waals surface area contributed by atoms with E-state index in [0.717, 1.165) is 28.2 Å². The lowest BCUT2D eigenvalue weighted by Crippen LogP contribution is -2.36. The van der Waals surface area contributed by atoms with Gasteiger partial charge in [-0.1, -0.05) is 24.3 Å². The molecule has 1 unspecified atom stereocenters. The quantitative estimate of drug-likeness (QED) is 0.889. The number of hydrogen-bond donors (Lipinski definition) is 1. The Morgan fingerprint density at radius 1 is 1.13 bits per heavy atom. The van der Waals surface area contributed by atoms with E-state index in [2.05, 4.69) is 5.32 Å². The number of carbonyl (C=O) groups is 1. The molecule has 1 atom stereocenters. The van der Waals surface area contributed by atoms with Gasteiger partial charge < -0.3 is 14.8 Å². The van der Waals surface area contributed by atoms with E-state index in [9.17, 15) is 4.79 Å². The number of methoxy groups -OCH3 is 1. The number of nitrogens with one attached hydrogen (secondary N) is 1. The Labute approximate surface area is 137 Å². The van der Waals surface area contributed by atoms with Gasteiger partial charge in [0.1, 0.15) is 11.5 Å². The van der Waals surface area contributed by atoms with E-state index in [0.29, 0.717) is 6.54 Å². The van der Waals surface area contributed by atoms with Crippen LogP contribution in [0.2, 0.25) is 0 Å². The van der Waals surface area contributed by atoms with Gasteiger partial charge in [0, 0.05) is 6.54 Å². The van der Waals surface area contributed by atoms with Crippen molar-refractivity contribution in [3.05, 3.63) is 59.2 Å². The Morgan fingerprint density at radius 2 is 1.83 bits per heavy atom. The van der Waals surface area contributed by atoms with Gasteiger partial charge in [0.2, 0.25) is 0 Å². The fourth-order valence-electron chi connectivity index (χ4n) is 2.15. The maximum absolute atomic E-state index is 12.2. The van der Waals surface area contributed by atoms with E-state index in [-0.39, 0.29) is 5.91 Å². The molecule has 1 N–H and O–H groups in total. The van der Waals surface area contributed by atoms with E-state index in [1.54, 1.807) is 14.0 Å². The Hall–Kier alpha value is -2.49. The molecule has 1 amide bonds. The molecular weight excluding hydrogens is 290 g/mol. The van der Waals surface area contributed by atoms with Crippen molar-refractivity contribution in [2.45, 2.75) is 33.4 Å². The van der Waals surface area contributed by atoms with Crippen LogP contribution in [0.25, 0.3) is 0 Å². The first-order chi connectivity index (χ1) is 11.0. The third-order valence-electron chi connectivity index (χ3n) is 3.64. The molecule has 0 saturated heterocycles. The molecule has 0 aromatic heterocycles. The summed E-state index contributed by atoms with van der Waals surface area (Å²) in [5.41, 5.74) is 3.14. The summed E-state index contributed by atoms with van der Waals surface area (Å²) in [6.45, 7) is 6.19. The molecule has 2 aromatic carbocycles. The van der Waals surface area contributed by atoms with Crippen molar-refractivity contribution in [3.8, 4) is 11.5 Å². The fourth-order valence-corrected chi connectivity index (χ4v) is 2.15. The zero-order chi connectivity index (χ0) is 16.8. The van der Waals surface area contributed by atoms with Gasteiger partial charge in [-0.2, -0.15) is 0 Å². The first-order valence-corrected chi connectivity index (χ1v) is 7.64. The predicted octanol–water partition coefficient (Wildman–Crippen LogP) is 3.40. The summed E-state index contributed by atoms with van der Waals surface area (Å²) in [6.07, 6.45) is -0.547. The van der Waals surface area contributed by atoms with Crippen LogP contribution in [0.4, 0.5) is 0 Å². The van der Waals surface area contributed by atoms with Gasteiger partial charge in [-0.25, -0.2) is 0 Å². The molecule has 0 spiro atoms. The number of benzene rings is 2. The van der Waals surface area contributed by atoms with Crippen LogP contribution in [-0.4, -0.2) is 19.1 Å². The number of carbonyl (C=O) groups excluding carboxylic acids is 1. The molecule has 4 heteroatoms. The molecule has 4 nitrogen and oxygen atoms in total. The zero-order valence-corrected chi connectivity index (χ0v) is 14.1. The van der Waals surface area contributed by atoms with Gasteiger partial charge in [0.25, 0.3) is 5.91 Å². The Bertz CT molecular complexity index is 665. The minimum Gasteiger partial charge on any atom is -0.497 e. The van der Waals surface area contributed by atoms with Crippen LogP contribution in [0.3, 0.4) is 0 Å². The second kappa shape index (κ2) is 7.68. The third-order valence-corrected chi connectivity index (χ3v) is 3.64. The molecule has 0 saturated carbocycles. The Balaban J connectivity index is 1.90. The standard InChI is InChI=1S/C19H23NO3/c1-13-5-6-14(2)18(11-13)23-15(3)19(21)20-12-16-7-9-17(22-4)10-8-16/h5-11,15H,12H2,1-4H3,(H,20,21). The normalized spacial score (nSPS) is 11.7. The number of rotatable bonds is 6. The topological polar surface area (TPSA) is 47.6 Å². The molecule has 0 heterocycles. The van der Waals surface area contributed by atoms with Crippen LogP contribution < -0.4 is 14.8 Å². The molecule has 122 valence electrons. The summed E-state index contributed by atoms with van der Waals surface area (Å²) >= 11 is 0.